The quantitative estimate of drug-likeness (QED) is 0.879. The lowest BCUT2D eigenvalue weighted by Gasteiger charge is -2.41. The number of fused-ring (bicyclic) bond motifs is 1. The zero-order valence-corrected chi connectivity index (χ0v) is 13.6. The van der Waals surface area contributed by atoms with Crippen LogP contribution in [0.3, 0.4) is 0 Å². The van der Waals surface area contributed by atoms with E-state index in [9.17, 15) is 17.6 Å². The molecule has 2 atom stereocenters. The molecule has 0 bridgehead atoms. The molecule has 0 aliphatic carbocycles. The van der Waals surface area contributed by atoms with Crippen molar-refractivity contribution in [2.45, 2.75) is 23.8 Å². The number of piperidine rings is 1. The van der Waals surface area contributed by atoms with Crippen molar-refractivity contribution in [2.24, 2.45) is 5.41 Å². The van der Waals surface area contributed by atoms with E-state index in [0.29, 0.717) is 19.4 Å². The molecule has 1 aromatic rings. The van der Waals surface area contributed by atoms with Crippen molar-refractivity contribution in [1.82, 2.24) is 9.62 Å². The minimum absolute atomic E-state index is 0.00794. The maximum Gasteiger partial charge on any atom is 0.246 e. The molecule has 8 heteroatoms. The van der Waals surface area contributed by atoms with Crippen LogP contribution in [0.5, 0.6) is 0 Å². The molecule has 0 radical (unpaired) electrons. The number of hydrogen-bond acceptors (Lipinski definition) is 4. The zero-order chi connectivity index (χ0) is 16.7. The Morgan fingerprint density at radius 2 is 2.17 bits per heavy atom. The summed E-state index contributed by atoms with van der Waals surface area (Å²) in [4.78, 5) is 12.0. The van der Waals surface area contributed by atoms with E-state index in [1.807, 2.05) is 0 Å². The maximum absolute atomic E-state index is 13.9. The Morgan fingerprint density at radius 3 is 2.87 bits per heavy atom. The first kappa shape index (κ1) is 16.4. The van der Waals surface area contributed by atoms with Crippen LogP contribution in [0.4, 0.5) is 4.39 Å². The van der Waals surface area contributed by atoms with Gasteiger partial charge in [-0.2, -0.15) is 4.31 Å². The number of halogens is 1. The summed E-state index contributed by atoms with van der Waals surface area (Å²) in [6.07, 6.45) is 0.580. The minimum atomic E-state index is -3.99. The Kier molecular flexibility index (Phi) is 4.16. The SMILES string of the molecule is CNC(=O)[C@@]12CCO[C@@H]1CCN(S(=O)(=O)c1ccccc1F)C2. The molecule has 2 saturated heterocycles. The monoisotopic (exact) mass is 342 g/mol. The topological polar surface area (TPSA) is 75.7 Å². The van der Waals surface area contributed by atoms with Crippen LogP contribution in [0.2, 0.25) is 0 Å². The van der Waals surface area contributed by atoms with Crippen molar-refractivity contribution in [3.8, 4) is 0 Å². The van der Waals surface area contributed by atoms with Gasteiger partial charge in [0.15, 0.2) is 0 Å². The fourth-order valence-corrected chi connectivity index (χ4v) is 5.07. The average molecular weight is 342 g/mol. The summed E-state index contributed by atoms with van der Waals surface area (Å²) in [6, 6.07) is 5.29. The number of hydrogen-bond donors (Lipinski definition) is 1. The maximum atomic E-state index is 13.9. The van der Waals surface area contributed by atoms with Crippen molar-refractivity contribution in [1.29, 1.82) is 0 Å². The third kappa shape index (κ3) is 2.54. The number of sulfonamides is 1. The zero-order valence-electron chi connectivity index (χ0n) is 12.8. The Labute approximate surface area is 134 Å². The summed E-state index contributed by atoms with van der Waals surface area (Å²) in [5.74, 6) is -1.01. The lowest BCUT2D eigenvalue weighted by Crippen LogP contribution is -2.57. The fourth-order valence-electron chi connectivity index (χ4n) is 3.48. The van der Waals surface area contributed by atoms with Crippen molar-refractivity contribution in [2.75, 3.05) is 26.7 Å². The van der Waals surface area contributed by atoms with Gasteiger partial charge in [0.2, 0.25) is 15.9 Å². The summed E-state index contributed by atoms with van der Waals surface area (Å²) in [7, 11) is -2.46. The van der Waals surface area contributed by atoms with Crippen LogP contribution in [0.25, 0.3) is 0 Å². The van der Waals surface area contributed by atoms with Gasteiger partial charge in [0.1, 0.15) is 10.7 Å². The number of amides is 1. The largest absolute Gasteiger partial charge is 0.377 e. The molecular formula is C15H19FN2O4S. The molecule has 0 spiro atoms. The van der Waals surface area contributed by atoms with E-state index < -0.39 is 21.3 Å². The van der Waals surface area contributed by atoms with Crippen LogP contribution in [0.15, 0.2) is 29.2 Å². The van der Waals surface area contributed by atoms with Gasteiger partial charge in [-0.25, -0.2) is 12.8 Å². The number of nitrogens with zero attached hydrogens (tertiary/aromatic N) is 1. The molecule has 0 unspecified atom stereocenters. The number of carbonyl (C=O) groups is 1. The van der Waals surface area contributed by atoms with Gasteiger partial charge in [0.05, 0.1) is 11.5 Å². The number of nitrogens with one attached hydrogen (secondary N) is 1. The van der Waals surface area contributed by atoms with E-state index in [0.717, 1.165) is 6.07 Å². The average Bonchev–Trinajstić information content (AvgIpc) is 2.98. The van der Waals surface area contributed by atoms with Crippen molar-refractivity contribution >= 4 is 15.9 Å². The Morgan fingerprint density at radius 1 is 1.43 bits per heavy atom. The Hall–Kier alpha value is -1.51. The normalized spacial score (nSPS) is 28.3. The first-order valence-electron chi connectivity index (χ1n) is 7.50. The molecule has 6 nitrogen and oxygen atoms in total. The molecule has 23 heavy (non-hydrogen) atoms. The predicted octanol–water partition coefficient (Wildman–Crippen LogP) is 0.741. The molecule has 126 valence electrons. The van der Waals surface area contributed by atoms with Gasteiger partial charge in [-0.1, -0.05) is 12.1 Å². The fraction of sp³-hybridized carbons (Fsp3) is 0.533. The number of benzene rings is 1. The van der Waals surface area contributed by atoms with Crippen molar-refractivity contribution in [3.05, 3.63) is 30.1 Å². The van der Waals surface area contributed by atoms with Crippen LogP contribution in [-0.2, 0) is 19.6 Å². The Balaban J connectivity index is 1.96. The summed E-state index contributed by atoms with van der Waals surface area (Å²) >= 11 is 0. The van der Waals surface area contributed by atoms with E-state index in [1.165, 1.54) is 29.6 Å². The second-order valence-electron chi connectivity index (χ2n) is 5.90. The van der Waals surface area contributed by atoms with Crippen molar-refractivity contribution in [3.63, 3.8) is 0 Å². The number of ether oxygens (including phenoxy) is 1. The highest BCUT2D eigenvalue weighted by Gasteiger charge is 2.54. The van der Waals surface area contributed by atoms with Crippen molar-refractivity contribution < 1.29 is 22.3 Å². The molecule has 2 aliphatic rings. The van der Waals surface area contributed by atoms with Crippen LogP contribution < -0.4 is 5.32 Å². The van der Waals surface area contributed by atoms with Crippen LogP contribution in [0.1, 0.15) is 12.8 Å². The molecule has 2 aliphatic heterocycles. The highest BCUT2D eigenvalue weighted by atomic mass is 32.2. The lowest BCUT2D eigenvalue weighted by molar-refractivity contribution is -0.136. The molecular weight excluding hydrogens is 323 g/mol. The van der Waals surface area contributed by atoms with Gasteiger partial charge in [0, 0.05) is 26.7 Å². The smallest absolute Gasteiger partial charge is 0.246 e. The van der Waals surface area contributed by atoms with E-state index in [1.54, 1.807) is 0 Å². The van der Waals surface area contributed by atoms with Gasteiger partial charge >= 0.3 is 0 Å². The summed E-state index contributed by atoms with van der Waals surface area (Å²) in [5.41, 5.74) is -0.897. The van der Waals surface area contributed by atoms with Gasteiger partial charge in [0.25, 0.3) is 0 Å². The summed E-state index contributed by atoms with van der Waals surface area (Å²) in [6.45, 7) is 0.639. The second kappa shape index (κ2) is 5.85. The predicted molar refractivity (Wildman–Crippen MR) is 80.6 cm³/mol. The molecule has 2 heterocycles. The van der Waals surface area contributed by atoms with Crippen LogP contribution >= 0.6 is 0 Å². The molecule has 0 aromatic heterocycles. The van der Waals surface area contributed by atoms with Gasteiger partial charge in [-0.15, -0.1) is 0 Å². The van der Waals surface area contributed by atoms with E-state index in [-0.39, 0.29) is 30.0 Å². The number of rotatable bonds is 3. The first-order valence-corrected chi connectivity index (χ1v) is 8.94. The van der Waals surface area contributed by atoms with Gasteiger partial charge in [-0.3, -0.25) is 4.79 Å². The van der Waals surface area contributed by atoms with Gasteiger partial charge < -0.3 is 10.1 Å². The molecule has 0 saturated carbocycles. The van der Waals surface area contributed by atoms with Gasteiger partial charge in [-0.05, 0) is 25.0 Å². The Bertz CT molecular complexity index is 724. The minimum Gasteiger partial charge on any atom is -0.377 e. The summed E-state index contributed by atoms with van der Waals surface area (Å²) in [5, 5.41) is 2.61. The second-order valence-corrected chi connectivity index (χ2v) is 7.81. The first-order chi connectivity index (χ1) is 10.9. The third-order valence-corrected chi connectivity index (χ3v) is 6.59. The van der Waals surface area contributed by atoms with E-state index >= 15 is 0 Å². The van der Waals surface area contributed by atoms with E-state index in [2.05, 4.69) is 5.32 Å². The standard InChI is InChI=1S/C15H19FN2O4S/c1-17-14(19)15-7-9-22-13(15)6-8-18(10-15)23(20,21)12-5-3-2-4-11(12)16/h2-5,13H,6-10H2,1H3,(H,17,19)/t13-,15-/m1/s1. The third-order valence-electron chi connectivity index (χ3n) is 4.72. The molecule has 1 aromatic carbocycles. The number of carbonyl (C=O) groups excluding carboxylic acids is 1. The molecule has 1 N–H and O–H groups in total. The lowest BCUT2D eigenvalue weighted by atomic mass is 9.76. The summed E-state index contributed by atoms with van der Waals surface area (Å²) < 4.78 is 46.3. The van der Waals surface area contributed by atoms with E-state index in [4.69, 9.17) is 4.74 Å². The highest BCUT2D eigenvalue weighted by Crippen LogP contribution is 2.42. The van der Waals surface area contributed by atoms with Crippen LogP contribution in [-0.4, -0.2) is 51.5 Å². The molecule has 1 amide bonds. The molecule has 3 rings (SSSR count). The molecule has 2 fully saturated rings. The highest BCUT2D eigenvalue weighted by molar-refractivity contribution is 7.89. The van der Waals surface area contributed by atoms with Crippen LogP contribution in [0, 0.1) is 11.2 Å².